The second-order valence-electron chi connectivity index (χ2n) is 8.02. The molecule has 0 saturated heterocycles. The fourth-order valence-electron chi connectivity index (χ4n) is 3.22. The van der Waals surface area contributed by atoms with Crippen molar-refractivity contribution in [1.29, 1.82) is 0 Å². The van der Waals surface area contributed by atoms with Crippen LogP contribution in [0.1, 0.15) is 105 Å². The smallest absolute Gasteiger partial charge is 0.0542 e. The molecule has 0 bridgehead atoms. The van der Waals surface area contributed by atoms with E-state index in [1.165, 1.54) is 57.8 Å². The van der Waals surface area contributed by atoms with Crippen molar-refractivity contribution in [2.75, 3.05) is 0 Å². The summed E-state index contributed by atoms with van der Waals surface area (Å²) in [6.07, 6.45) is 13.9. The van der Waals surface area contributed by atoms with Crippen molar-refractivity contribution in [2.24, 2.45) is 11.3 Å². The lowest BCUT2D eigenvalue weighted by molar-refractivity contribution is 0.121. The highest BCUT2D eigenvalue weighted by Gasteiger charge is 2.17. The maximum absolute atomic E-state index is 10.1. The molecule has 0 amide bonds. The van der Waals surface area contributed by atoms with Crippen molar-refractivity contribution in [3.05, 3.63) is 0 Å². The first-order valence-electron chi connectivity index (χ1n) is 9.03. The topological polar surface area (TPSA) is 20.2 Å². The van der Waals surface area contributed by atoms with Gasteiger partial charge in [-0.1, -0.05) is 86.0 Å². The third kappa shape index (κ3) is 14.4. The summed E-state index contributed by atoms with van der Waals surface area (Å²) in [7, 11) is 0. The highest BCUT2D eigenvalue weighted by molar-refractivity contribution is 4.69. The van der Waals surface area contributed by atoms with Gasteiger partial charge in [0.15, 0.2) is 0 Å². The minimum absolute atomic E-state index is 0.0764. The van der Waals surface area contributed by atoms with Crippen molar-refractivity contribution in [3.63, 3.8) is 0 Å². The van der Waals surface area contributed by atoms with Gasteiger partial charge < -0.3 is 5.11 Å². The fourth-order valence-corrected chi connectivity index (χ4v) is 3.22. The number of aliphatic hydroxyl groups excluding tert-OH is 1. The predicted octanol–water partition coefficient (Wildman–Crippen LogP) is 6.34. The molecule has 20 heavy (non-hydrogen) atoms. The number of hydrogen-bond donors (Lipinski definition) is 1. The summed E-state index contributed by atoms with van der Waals surface area (Å²) in [6, 6.07) is 0. The summed E-state index contributed by atoms with van der Waals surface area (Å²) in [5, 5.41) is 10.1. The Morgan fingerprint density at radius 3 is 1.85 bits per heavy atom. The van der Waals surface area contributed by atoms with Gasteiger partial charge >= 0.3 is 0 Å². The van der Waals surface area contributed by atoms with Gasteiger partial charge in [-0.3, -0.25) is 0 Å². The molecule has 0 aliphatic carbocycles. The van der Waals surface area contributed by atoms with Crippen molar-refractivity contribution < 1.29 is 5.11 Å². The Balaban J connectivity index is 3.42. The van der Waals surface area contributed by atoms with E-state index in [-0.39, 0.29) is 6.10 Å². The zero-order valence-corrected chi connectivity index (χ0v) is 14.9. The van der Waals surface area contributed by atoms with Gasteiger partial charge in [0.25, 0.3) is 0 Å². The summed E-state index contributed by atoms with van der Waals surface area (Å²) in [5.41, 5.74) is 0.387. The summed E-state index contributed by atoms with van der Waals surface area (Å²) < 4.78 is 0. The molecule has 0 aliphatic heterocycles. The molecule has 1 heteroatoms. The molecule has 122 valence electrons. The van der Waals surface area contributed by atoms with Gasteiger partial charge in [-0.05, 0) is 30.6 Å². The van der Waals surface area contributed by atoms with Crippen molar-refractivity contribution in [2.45, 2.75) is 111 Å². The van der Waals surface area contributed by atoms with E-state index in [9.17, 15) is 5.11 Å². The SMILES string of the molecule is CCCCCCCCCCC(O)CC(C)CC(C)(C)C. The minimum Gasteiger partial charge on any atom is -0.393 e. The highest BCUT2D eigenvalue weighted by atomic mass is 16.3. The van der Waals surface area contributed by atoms with Gasteiger partial charge in [0, 0.05) is 0 Å². The standard InChI is InChI=1S/C19H40O/c1-6-7-8-9-10-11-12-13-14-18(20)15-17(2)16-19(3,4)5/h17-18,20H,6-16H2,1-5H3. The third-order valence-electron chi connectivity index (χ3n) is 4.03. The molecule has 0 aromatic heterocycles. The monoisotopic (exact) mass is 284 g/mol. The van der Waals surface area contributed by atoms with Gasteiger partial charge in [-0.15, -0.1) is 0 Å². The third-order valence-corrected chi connectivity index (χ3v) is 4.03. The molecule has 0 radical (unpaired) electrons. The first-order valence-corrected chi connectivity index (χ1v) is 9.03. The van der Waals surface area contributed by atoms with Crippen LogP contribution in [0.4, 0.5) is 0 Å². The van der Waals surface area contributed by atoms with Gasteiger partial charge in [-0.2, -0.15) is 0 Å². The molecule has 1 nitrogen and oxygen atoms in total. The zero-order valence-electron chi connectivity index (χ0n) is 14.9. The van der Waals surface area contributed by atoms with Crippen LogP contribution < -0.4 is 0 Å². The van der Waals surface area contributed by atoms with E-state index in [0.717, 1.165) is 12.8 Å². The molecule has 0 saturated carbocycles. The van der Waals surface area contributed by atoms with E-state index in [1.54, 1.807) is 0 Å². The Morgan fingerprint density at radius 1 is 0.850 bits per heavy atom. The molecule has 1 N–H and O–H groups in total. The number of rotatable bonds is 12. The first-order chi connectivity index (χ1) is 9.35. The van der Waals surface area contributed by atoms with Crippen LogP contribution in [0.3, 0.4) is 0 Å². The van der Waals surface area contributed by atoms with E-state index >= 15 is 0 Å². The Morgan fingerprint density at radius 2 is 1.35 bits per heavy atom. The quantitative estimate of drug-likeness (QED) is 0.414. The minimum atomic E-state index is -0.0764. The first kappa shape index (κ1) is 20.0. The van der Waals surface area contributed by atoms with Crippen LogP contribution in [0.25, 0.3) is 0 Å². The molecule has 2 unspecified atom stereocenters. The molecule has 0 aliphatic rings. The molecular formula is C19H40O. The molecule has 0 spiro atoms. The van der Waals surface area contributed by atoms with E-state index in [1.807, 2.05) is 0 Å². The van der Waals surface area contributed by atoms with Crippen molar-refractivity contribution in [3.8, 4) is 0 Å². The molecule has 0 heterocycles. The molecule has 0 fully saturated rings. The van der Waals surface area contributed by atoms with E-state index in [0.29, 0.717) is 11.3 Å². The van der Waals surface area contributed by atoms with Crippen LogP contribution in [0.15, 0.2) is 0 Å². The predicted molar refractivity (Wildman–Crippen MR) is 91.1 cm³/mol. The summed E-state index contributed by atoms with van der Waals surface area (Å²) in [5.74, 6) is 0.638. The number of hydrogen-bond acceptors (Lipinski definition) is 1. The van der Waals surface area contributed by atoms with Gasteiger partial charge in [-0.25, -0.2) is 0 Å². The number of aliphatic hydroxyl groups is 1. The van der Waals surface area contributed by atoms with E-state index in [2.05, 4.69) is 34.6 Å². The van der Waals surface area contributed by atoms with Crippen LogP contribution in [-0.4, -0.2) is 11.2 Å². The molecule has 2 atom stereocenters. The van der Waals surface area contributed by atoms with Crippen LogP contribution in [0.2, 0.25) is 0 Å². The van der Waals surface area contributed by atoms with Crippen LogP contribution in [0, 0.1) is 11.3 Å². The van der Waals surface area contributed by atoms with Gasteiger partial charge in [0.2, 0.25) is 0 Å². The molecule has 0 aromatic carbocycles. The maximum atomic E-state index is 10.1. The summed E-state index contributed by atoms with van der Waals surface area (Å²) in [4.78, 5) is 0. The average Bonchev–Trinajstić information content (AvgIpc) is 2.30. The lowest BCUT2D eigenvalue weighted by atomic mass is 9.83. The van der Waals surface area contributed by atoms with Crippen LogP contribution >= 0.6 is 0 Å². The van der Waals surface area contributed by atoms with Crippen LogP contribution in [-0.2, 0) is 0 Å². The molecule has 0 rings (SSSR count). The van der Waals surface area contributed by atoms with Gasteiger partial charge in [0.05, 0.1) is 6.10 Å². The Bertz CT molecular complexity index is 204. The van der Waals surface area contributed by atoms with Crippen LogP contribution in [0.5, 0.6) is 0 Å². The lowest BCUT2D eigenvalue weighted by Gasteiger charge is -2.24. The normalized spacial score (nSPS) is 15.3. The fraction of sp³-hybridized carbons (Fsp3) is 1.00. The largest absolute Gasteiger partial charge is 0.393 e. The Hall–Kier alpha value is -0.0400. The molecular weight excluding hydrogens is 244 g/mol. The second kappa shape index (κ2) is 11.6. The van der Waals surface area contributed by atoms with Crippen molar-refractivity contribution in [1.82, 2.24) is 0 Å². The second-order valence-corrected chi connectivity index (χ2v) is 8.02. The molecule has 0 aromatic rings. The summed E-state index contributed by atoms with van der Waals surface area (Å²) in [6.45, 7) is 11.4. The Kier molecular flexibility index (Phi) is 11.6. The number of unbranched alkanes of at least 4 members (excludes halogenated alkanes) is 7. The zero-order chi connectivity index (χ0) is 15.4. The Labute approximate surface area is 128 Å². The lowest BCUT2D eigenvalue weighted by Crippen LogP contribution is -2.17. The van der Waals surface area contributed by atoms with Gasteiger partial charge in [0.1, 0.15) is 0 Å². The average molecular weight is 285 g/mol. The summed E-state index contributed by atoms with van der Waals surface area (Å²) >= 11 is 0. The van der Waals surface area contributed by atoms with E-state index < -0.39 is 0 Å². The highest BCUT2D eigenvalue weighted by Crippen LogP contribution is 2.27. The van der Waals surface area contributed by atoms with Crippen molar-refractivity contribution >= 4 is 0 Å². The van der Waals surface area contributed by atoms with E-state index in [4.69, 9.17) is 0 Å². The maximum Gasteiger partial charge on any atom is 0.0542 e.